The predicted molar refractivity (Wildman–Crippen MR) is 72.6 cm³/mol. The molecule has 2 heterocycles. The molecule has 0 N–H and O–H groups in total. The molecule has 0 aromatic carbocycles. The van der Waals surface area contributed by atoms with Crippen LogP contribution in [0.25, 0.3) is 0 Å². The maximum atomic E-state index is 5.75. The summed E-state index contributed by atoms with van der Waals surface area (Å²) in [6, 6.07) is 1.79. The molecule has 0 aliphatic carbocycles. The molecule has 1 saturated heterocycles. The fourth-order valence-electron chi connectivity index (χ4n) is 2.00. The van der Waals surface area contributed by atoms with Gasteiger partial charge in [0.05, 0.1) is 6.61 Å². The third kappa shape index (κ3) is 3.46. The number of alkyl halides is 1. The van der Waals surface area contributed by atoms with E-state index in [4.69, 9.17) is 16.3 Å². The zero-order valence-corrected chi connectivity index (χ0v) is 11.4. The van der Waals surface area contributed by atoms with Gasteiger partial charge in [-0.25, -0.2) is 4.98 Å². The first-order valence-electron chi connectivity index (χ1n) is 6.32. The summed E-state index contributed by atoms with van der Waals surface area (Å²) in [5, 5.41) is 0. The summed E-state index contributed by atoms with van der Waals surface area (Å²) in [7, 11) is 0. The van der Waals surface area contributed by atoms with Crippen molar-refractivity contribution in [3.63, 3.8) is 0 Å². The van der Waals surface area contributed by atoms with Gasteiger partial charge < -0.3 is 9.64 Å². The van der Waals surface area contributed by atoms with Crippen LogP contribution in [0.15, 0.2) is 12.3 Å². The van der Waals surface area contributed by atoms with E-state index in [-0.39, 0.29) is 0 Å². The molecule has 2 rings (SSSR count). The van der Waals surface area contributed by atoms with E-state index >= 15 is 0 Å². The first kappa shape index (κ1) is 13.4. The summed E-state index contributed by atoms with van der Waals surface area (Å²) in [5.74, 6) is 2.09. The van der Waals surface area contributed by atoms with Crippen LogP contribution in [0.5, 0.6) is 5.88 Å². The zero-order chi connectivity index (χ0) is 12.8. The van der Waals surface area contributed by atoms with E-state index in [1.54, 1.807) is 12.3 Å². The van der Waals surface area contributed by atoms with E-state index in [0.29, 0.717) is 18.4 Å². The van der Waals surface area contributed by atoms with Gasteiger partial charge in [0.1, 0.15) is 0 Å². The Balaban J connectivity index is 1.94. The van der Waals surface area contributed by atoms with E-state index < -0.39 is 0 Å². The quantitative estimate of drug-likeness (QED) is 0.753. The Morgan fingerprint density at radius 3 is 2.78 bits per heavy atom. The number of ether oxygens (including phenoxy) is 1. The summed E-state index contributed by atoms with van der Waals surface area (Å²) in [5.41, 5.74) is 0. The fraction of sp³-hybridized carbons (Fsp3) is 0.667. The molecular formula is C12H19ClN4O. The molecule has 0 radical (unpaired) electrons. The average Bonchev–Trinajstić information content (AvgIpc) is 2.41. The van der Waals surface area contributed by atoms with Crippen LogP contribution in [-0.4, -0.2) is 60.1 Å². The third-order valence-corrected chi connectivity index (χ3v) is 3.13. The van der Waals surface area contributed by atoms with Crippen molar-refractivity contribution >= 4 is 17.5 Å². The number of anilines is 1. The first-order chi connectivity index (χ1) is 8.83. The van der Waals surface area contributed by atoms with E-state index in [9.17, 15) is 0 Å². The van der Waals surface area contributed by atoms with Crippen molar-refractivity contribution in [3.8, 4) is 5.88 Å². The van der Waals surface area contributed by atoms with Gasteiger partial charge in [-0.1, -0.05) is 0 Å². The number of hydrogen-bond donors (Lipinski definition) is 0. The second kappa shape index (κ2) is 6.75. The molecule has 1 aromatic heterocycles. The Kier molecular flexibility index (Phi) is 5.01. The van der Waals surface area contributed by atoms with Gasteiger partial charge in [0.25, 0.3) is 0 Å². The minimum Gasteiger partial charge on any atom is -0.478 e. The molecule has 0 amide bonds. The molecule has 1 fully saturated rings. The van der Waals surface area contributed by atoms with Crippen molar-refractivity contribution < 1.29 is 4.74 Å². The number of piperazine rings is 1. The van der Waals surface area contributed by atoms with Gasteiger partial charge in [0.2, 0.25) is 11.8 Å². The molecule has 1 aliphatic heterocycles. The zero-order valence-electron chi connectivity index (χ0n) is 10.7. The first-order valence-corrected chi connectivity index (χ1v) is 6.86. The van der Waals surface area contributed by atoms with Gasteiger partial charge in [-0.15, -0.1) is 11.6 Å². The normalized spacial score (nSPS) is 16.9. The van der Waals surface area contributed by atoms with Gasteiger partial charge in [-0.3, -0.25) is 4.90 Å². The summed E-state index contributed by atoms with van der Waals surface area (Å²) in [4.78, 5) is 13.3. The molecule has 0 saturated carbocycles. The largest absolute Gasteiger partial charge is 0.478 e. The summed E-state index contributed by atoms with van der Waals surface area (Å²) < 4.78 is 5.39. The molecule has 0 spiro atoms. The van der Waals surface area contributed by atoms with Crippen LogP contribution in [0.2, 0.25) is 0 Å². The summed E-state index contributed by atoms with van der Waals surface area (Å²) in [6.07, 6.45) is 1.75. The summed E-state index contributed by atoms with van der Waals surface area (Å²) >= 11 is 5.75. The van der Waals surface area contributed by atoms with Crippen molar-refractivity contribution in [3.05, 3.63) is 12.3 Å². The standard InChI is InChI=1S/C12H19ClN4O/c1-2-18-11-3-5-14-12(15-11)17-9-7-16(6-4-13)8-10-17/h3,5H,2,4,6-10H2,1H3. The van der Waals surface area contributed by atoms with E-state index in [1.165, 1.54) is 0 Å². The SMILES string of the molecule is CCOc1ccnc(N2CCN(CCCl)CC2)n1. The maximum Gasteiger partial charge on any atom is 0.228 e. The highest BCUT2D eigenvalue weighted by Gasteiger charge is 2.18. The highest BCUT2D eigenvalue weighted by Crippen LogP contribution is 2.14. The van der Waals surface area contributed by atoms with Gasteiger partial charge in [-0.2, -0.15) is 4.98 Å². The van der Waals surface area contributed by atoms with Crippen LogP contribution in [0.1, 0.15) is 6.92 Å². The topological polar surface area (TPSA) is 41.5 Å². The number of halogens is 1. The van der Waals surface area contributed by atoms with Crippen LogP contribution < -0.4 is 9.64 Å². The van der Waals surface area contributed by atoms with Crippen LogP contribution in [0.3, 0.4) is 0 Å². The van der Waals surface area contributed by atoms with Gasteiger partial charge >= 0.3 is 0 Å². The lowest BCUT2D eigenvalue weighted by Crippen LogP contribution is -2.47. The Labute approximate surface area is 113 Å². The van der Waals surface area contributed by atoms with Crippen LogP contribution in [0.4, 0.5) is 5.95 Å². The number of aromatic nitrogens is 2. The third-order valence-electron chi connectivity index (χ3n) is 2.97. The van der Waals surface area contributed by atoms with Gasteiger partial charge in [0, 0.05) is 50.9 Å². The van der Waals surface area contributed by atoms with E-state index in [1.807, 2.05) is 6.92 Å². The number of rotatable bonds is 5. The lowest BCUT2D eigenvalue weighted by molar-refractivity contribution is 0.270. The molecule has 18 heavy (non-hydrogen) atoms. The smallest absolute Gasteiger partial charge is 0.228 e. The second-order valence-electron chi connectivity index (χ2n) is 4.15. The van der Waals surface area contributed by atoms with Crippen molar-refractivity contribution in [2.24, 2.45) is 0 Å². The van der Waals surface area contributed by atoms with Crippen LogP contribution in [-0.2, 0) is 0 Å². The highest BCUT2D eigenvalue weighted by atomic mass is 35.5. The van der Waals surface area contributed by atoms with E-state index in [0.717, 1.165) is 38.7 Å². The molecule has 0 atom stereocenters. The van der Waals surface area contributed by atoms with Crippen molar-refractivity contribution in [1.29, 1.82) is 0 Å². The van der Waals surface area contributed by atoms with Gasteiger partial charge in [-0.05, 0) is 6.92 Å². The second-order valence-corrected chi connectivity index (χ2v) is 4.52. The van der Waals surface area contributed by atoms with Crippen LogP contribution >= 0.6 is 11.6 Å². The summed E-state index contributed by atoms with van der Waals surface area (Å²) in [6.45, 7) is 7.42. The lowest BCUT2D eigenvalue weighted by atomic mass is 10.3. The molecule has 100 valence electrons. The Bertz CT molecular complexity index is 369. The maximum absolute atomic E-state index is 5.75. The molecule has 6 heteroatoms. The Morgan fingerprint density at radius 2 is 2.11 bits per heavy atom. The molecule has 0 bridgehead atoms. The molecule has 0 unspecified atom stereocenters. The van der Waals surface area contributed by atoms with E-state index in [2.05, 4.69) is 19.8 Å². The predicted octanol–water partition coefficient (Wildman–Crippen LogP) is 1.24. The number of nitrogens with zero attached hydrogens (tertiary/aromatic N) is 4. The van der Waals surface area contributed by atoms with Gasteiger partial charge in [0.15, 0.2) is 0 Å². The Morgan fingerprint density at radius 1 is 1.33 bits per heavy atom. The monoisotopic (exact) mass is 270 g/mol. The molecule has 5 nitrogen and oxygen atoms in total. The van der Waals surface area contributed by atoms with Crippen LogP contribution in [0, 0.1) is 0 Å². The highest BCUT2D eigenvalue weighted by molar-refractivity contribution is 6.18. The molecule has 1 aliphatic rings. The minimum atomic E-state index is 0.625. The van der Waals surface area contributed by atoms with Crippen molar-refractivity contribution in [2.45, 2.75) is 6.92 Å². The average molecular weight is 271 g/mol. The molecular weight excluding hydrogens is 252 g/mol. The lowest BCUT2D eigenvalue weighted by Gasteiger charge is -2.34. The van der Waals surface area contributed by atoms with Crippen molar-refractivity contribution in [2.75, 3.05) is 50.1 Å². The Hall–Kier alpha value is -1.07. The van der Waals surface area contributed by atoms with Crippen molar-refractivity contribution in [1.82, 2.24) is 14.9 Å². The minimum absolute atomic E-state index is 0.625. The number of hydrogen-bond acceptors (Lipinski definition) is 5. The molecule has 1 aromatic rings. The fourth-order valence-corrected chi connectivity index (χ4v) is 2.24.